The van der Waals surface area contributed by atoms with E-state index in [0.717, 1.165) is 34.2 Å². The zero-order valence-corrected chi connectivity index (χ0v) is 16.7. The Bertz CT molecular complexity index is 1250. The van der Waals surface area contributed by atoms with Crippen molar-refractivity contribution in [2.75, 3.05) is 10.2 Å². The zero-order chi connectivity index (χ0) is 22.3. The van der Waals surface area contributed by atoms with Gasteiger partial charge in [-0.05, 0) is 66.9 Å². The van der Waals surface area contributed by atoms with Gasteiger partial charge in [-0.1, -0.05) is 18.2 Å². The maximum Gasteiger partial charge on any atom is 0.282 e. The van der Waals surface area contributed by atoms with Crippen LogP contribution in [-0.4, -0.2) is 11.8 Å². The first-order valence-electron chi connectivity index (χ1n) is 9.44. The van der Waals surface area contributed by atoms with E-state index >= 15 is 0 Å². The van der Waals surface area contributed by atoms with Gasteiger partial charge >= 0.3 is 0 Å². The van der Waals surface area contributed by atoms with E-state index < -0.39 is 29.3 Å². The second-order valence-electron chi connectivity index (χ2n) is 7.23. The summed E-state index contributed by atoms with van der Waals surface area (Å²) in [6.07, 6.45) is 0. The molecule has 1 heterocycles. The van der Waals surface area contributed by atoms with Crippen molar-refractivity contribution in [3.63, 3.8) is 0 Å². The molecule has 7 heteroatoms. The van der Waals surface area contributed by atoms with Crippen molar-refractivity contribution in [2.24, 2.45) is 0 Å². The van der Waals surface area contributed by atoms with E-state index in [2.05, 4.69) is 5.32 Å². The van der Waals surface area contributed by atoms with E-state index in [1.54, 1.807) is 6.07 Å². The molecule has 2 amide bonds. The summed E-state index contributed by atoms with van der Waals surface area (Å²) >= 11 is 0. The van der Waals surface area contributed by atoms with Gasteiger partial charge in [0.15, 0.2) is 11.6 Å². The molecule has 1 aliphatic rings. The number of carbonyl (C=O) groups excluding carboxylic acids is 2. The lowest BCUT2D eigenvalue weighted by Gasteiger charge is -2.16. The van der Waals surface area contributed by atoms with E-state index in [-0.39, 0.29) is 17.0 Å². The van der Waals surface area contributed by atoms with Crippen LogP contribution < -0.4 is 10.2 Å². The summed E-state index contributed by atoms with van der Waals surface area (Å²) in [5.74, 6) is -4.23. The van der Waals surface area contributed by atoms with Crippen LogP contribution in [0, 0.1) is 31.3 Å². The van der Waals surface area contributed by atoms with Gasteiger partial charge in [-0.2, -0.15) is 0 Å². The molecule has 0 unspecified atom stereocenters. The predicted octanol–water partition coefficient (Wildman–Crippen LogP) is 5.12. The molecule has 0 saturated heterocycles. The van der Waals surface area contributed by atoms with Crippen LogP contribution in [0.3, 0.4) is 0 Å². The summed E-state index contributed by atoms with van der Waals surface area (Å²) in [7, 11) is 0. The largest absolute Gasteiger partial charge is 0.350 e. The highest BCUT2D eigenvalue weighted by Crippen LogP contribution is 2.34. The first kappa shape index (κ1) is 20.4. The lowest BCUT2D eigenvalue weighted by molar-refractivity contribution is -0.120. The molecule has 1 N–H and O–H groups in total. The smallest absolute Gasteiger partial charge is 0.282 e. The molecular weight excluding hydrogens is 405 g/mol. The molecule has 156 valence electrons. The maximum absolute atomic E-state index is 13.8. The molecular formula is C24H17F3N2O2. The fourth-order valence-corrected chi connectivity index (χ4v) is 3.35. The maximum atomic E-state index is 13.8. The molecule has 0 spiro atoms. The summed E-state index contributed by atoms with van der Waals surface area (Å²) in [6.45, 7) is 3.85. The quantitative estimate of drug-likeness (QED) is 0.594. The first-order valence-corrected chi connectivity index (χ1v) is 9.44. The van der Waals surface area contributed by atoms with Crippen LogP contribution in [-0.2, 0) is 9.59 Å². The highest BCUT2D eigenvalue weighted by atomic mass is 19.2. The Balaban J connectivity index is 1.83. The van der Waals surface area contributed by atoms with Crippen LogP contribution >= 0.6 is 0 Å². The van der Waals surface area contributed by atoms with Crippen molar-refractivity contribution in [1.29, 1.82) is 0 Å². The zero-order valence-electron chi connectivity index (χ0n) is 16.7. The minimum Gasteiger partial charge on any atom is -0.350 e. The number of nitrogens with zero attached hydrogens (tertiary/aromatic N) is 1. The summed E-state index contributed by atoms with van der Waals surface area (Å²) in [6, 6.07) is 13.3. The van der Waals surface area contributed by atoms with E-state index in [0.29, 0.717) is 11.3 Å². The standard InChI is InChI=1S/C24H17F3N2O2/c1-13-3-8-17(11-14(13)2)28-22-21(15-4-6-16(25)7-5-15)23(30)29(24(22)31)18-9-10-19(26)20(27)12-18/h3-12,28H,1-2H3. The van der Waals surface area contributed by atoms with Crippen molar-refractivity contribution in [3.05, 3.63) is 101 Å². The second kappa shape index (κ2) is 7.75. The van der Waals surface area contributed by atoms with Gasteiger partial charge < -0.3 is 5.32 Å². The van der Waals surface area contributed by atoms with E-state index in [1.807, 2.05) is 26.0 Å². The summed E-state index contributed by atoms with van der Waals surface area (Å²) in [4.78, 5) is 27.2. The number of imide groups is 1. The average Bonchev–Trinajstić information content (AvgIpc) is 2.97. The highest BCUT2D eigenvalue weighted by Gasteiger charge is 2.40. The number of halogens is 3. The molecule has 0 saturated carbocycles. The van der Waals surface area contributed by atoms with Crippen molar-refractivity contribution < 1.29 is 22.8 Å². The highest BCUT2D eigenvalue weighted by molar-refractivity contribution is 6.46. The van der Waals surface area contributed by atoms with Crippen molar-refractivity contribution in [3.8, 4) is 0 Å². The van der Waals surface area contributed by atoms with Gasteiger partial charge in [0.05, 0.1) is 11.3 Å². The van der Waals surface area contributed by atoms with Crippen LogP contribution in [0.2, 0.25) is 0 Å². The Morgan fingerprint density at radius 3 is 2.10 bits per heavy atom. The lowest BCUT2D eigenvalue weighted by atomic mass is 10.0. The summed E-state index contributed by atoms with van der Waals surface area (Å²) in [5, 5.41) is 2.98. The number of amides is 2. The fourth-order valence-electron chi connectivity index (χ4n) is 3.35. The molecule has 0 aromatic heterocycles. The fraction of sp³-hybridized carbons (Fsp3) is 0.0833. The molecule has 0 fully saturated rings. The number of hydrogen-bond donors (Lipinski definition) is 1. The van der Waals surface area contributed by atoms with Gasteiger partial charge in [0, 0.05) is 11.8 Å². The van der Waals surface area contributed by atoms with Gasteiger partial charge in [0.2, 0.25) is 0 Å². The number of nitrogens with one attached hydrogen (secondary N) is 1. The first-order chi connectivity index (χ1) is 14.8. The predicted molar refractivity (Wildman–Crippen MR) is 112 cm³/mol. The number of carbonyl (C=O) groups is 2. The van der Waals surface area contributed by atoms with Gasteiger partial charge in [-0.15, -0.1) is 0 Å². The Hall–Kier alpha value is -3.87. The van der Waals surface area contributed by atoms with Crippen LogP contribution in [0.25, 0.3) is 5.57 Å². The molecule has 3 aromatic carbocycles. The van der Waals surface area contributed by atoms with E-state index in [9.17, 15) is 22.8 Å². The molecule has 4 rings (SSSR count). The van der Waals surface area contributed by atoms with Gasteiger partial charge in [0.25, 0.3) is 11.8 Å². The third-order valence-electron chi connectivity index (χ3n) is 5.15. The molecule has 1 aliphatic heterocycles. The van der Waals surface area contributed by atoms with Crippen LogP contribution in [0.5, 0.6) is 0 Å². The number of hydrogen-bond acceptors (Lipinski definition) is 3. The Morgan fingerprint density at radius 1 is 0.742 bits per heavy atom. The van der Waals surface area contributed by atoms with Crippen molar-refractivity contribution in [1.82, 2.24) is 0 Å². The summed E-state index contributed by atoms with van der Waals surface area (Å²) < 4.78 is 40.6. The van der Waals surface area contributed by atoms with Crippen LogP contribution in [0.4, 0.5) is 24.5 Å². The average molecular weight is 422 g/mol. The number of rotatable bonds is 4. The van der Waals surface area contributed by atoms with Crippen LogP contribution in [0.1, 0.15) is 16.7 Å². The lowest BCUT2D eigenvalue weighted by Crippen LogP contribution is -2.32. The summed E-state index contributed by atoms with van der Waals surface area (Å²) in [5.41, 5.74) is 2.78. The molecule has 3 aromatic rings. The molecule has 0 aliphatic carbocycles. The topological polar surface area (TPSA) is 49.4 Å². The minimum atomic E-state index is -1.18. The third kappa shape index (κ3) is 3.70. The van der Waals surface area contributed by atoms with E-state index in [4.69, 9.17) is 0 Å². The normalized spacial score (nSPS) is 13.9. The number of aryl methyl sites for hydroxylation is 2. The van der Waals surface area contributed by atoms with Crippen LogP contribution in [0.15, 0.2) is 66.4 Å². The Kier molecular flexibility index (Phi) is 5.10. The second-order valence-corrected chi connectivity index (χ2v) is 7.23. The Morgan fingerprint density at radius 2 is 1.45 bits per heavy atom. The number of anilines is 2. The molecule has 31 heavy (non-hydrogen) atoms. The molecule has 0 bridgehead atoms. The van der Waals surface area contributed by atoms with Gasteiger partial charge in [-0.3, -0.25) is 9.59 Å². The number of benzene rings is 3. The van der Waals surface area contributed by atoms with Gasteiger partial charge in [-0.25, -0.2) is 18.1 Å². The monoisotopic (exact) mass is 422 g/mol. The molecule has 0 atom stereocenters. The molecule has 4 nitrogen and oxygen atoms in total. The van der Waals surface area contributed by atoms with E-state index in [1.165, 1.54) is 24.3 Å². The van der Waals surface area contributed by atoms with Crippen molar-refractivity contribution >= 4 is 28.8 Å². The molecule has 0 radical (unpaired) electrons. The Labute approximate surface area is 176 Å². The van der Waals surface area contributed by atoms with Gasteiger partial charge in [0.1, 0.15) is 11.5 Å². The third-order valence-corrected chi connectivity index (χ3v) is 5.15. The minimum absolute atomic E-state index is 0.00737. The SMILES string of the molecule is Cc1ccc(NC2=C(c3ccc(F)cc3)C(=O)N(c3ccc(F)c(F)c3)C2=O)cc1C. The van der Waals surface area contributed by atoms with Crippen molar-refractivity contribution in [2.45, 2.75) is 13.8 Å².